The van der Waals surface area contributed by atoms with Crippen molar-refractivity contribution < 1.29 is 27.5 Å². The number of hydrogen-bond acceptors (Lipinski definition) is 3. The first-order chi connectivity index (χ1) is 10.7. The lowest BCUT2D eigenvalue weighted by Gasteiger charge is -2.10. The molecule has 0 spiro atoms. The molecule has 0 saturated carbocycles. The van der Waals surface area contributed by atoms with Crippen LogP contribution in [0.4, 0.5) is 13.2 Å². The highest BCUT2D eigenvalue weighted by atomic mass is 19.4. The highest BCUT2D eigenvalue weighted by Crippen LogP contribution is 2.16. The molecule has 0 atom stereocenters. The van der Waals surface area contributed by atoms with Gasteiger partial charge in [0.2, 0.25) is 0 Å². The molecule has 1 rings (SSSR count). The van der Waals surface area contributed by atoms with E-state index in [2.05, 4.69) is 5.32 Å². The summed E-state index contributed by atoms with van der Waals surface area (Å²) in [5.74, 6) is -1.80. The number of carbonyl (C=O) groups is 2. The van der Waals surface area contributed by atoms with Gasteiger partial charge in [-0.1, -0.05) is 6.07 Å². The first-order valence-electron chi connectivity index (χ1n) is 7.02. The molecular formula is C15H19F3N2O3. The molecule has 5 nitrogen and oxygen atoms in total. The van der Waals surface area contributed by atoms with Crippen molar-refractivity contribution in [1.82, 2.24) is 10.6 Å². The quantitative estimate of drug-likeness (QED) is 0.749. The third kappa shape index (κ3) is 7.03. The van der Waals surface area contributed by atoms with Crippen LogP contribution in [0.1, 0.15) is 17.5 Å². The Bertz CT molecular complexity index is 559. The lowest BCUT2D eigenvalue weighted by Crippen LogP contribution is -2.38. The molecule has 0 fully saturated rings. The van der Waals surface area contributed by atoms with Crippen molar-refractivity contribution in [3.63, 3.8) is 0 Å². The van der Waals surface area contributed by atoms with E-state index in [4.69, 9.17) is 4.74 Å². The van der Waals surface area contributed by atoms with E-state index in [1.807, 2.05) is 26.0 Å². The summed E-state index contributed by atoms with van der Waals surface area (Å²) in [6.45, 7) is 3.68. The van der Waals surface area contributed by atoms with Crippen LogP contribution in [-0.4, -0.2) is 37.7 Å². The number of aryl methyl sites for hydroxylation is 2. The van der Waals surface area contributed by atoms with Gasteiger partial charge >= 0.3 is 12.1 Å². The highest BCUT2D eigenvalue weighted by molar-refractivity contribution is 5.81. The number of ether oxygens (including phenoxy) is 1. The van der Waals surface area contributed by atoms with Gasteiger partial charge in [0.1, 0.15) is 5.75 Å². The van der Waals surface area contributed by atoms with Crippen LogP contribution in [-0.2, 0) is 9.59 Å². The van der Waals surface area contributed by atoms with Gasteiger partial charge in [-0.15, -0.1) is 0 Å². The fourth-order valence-corrected chi connectivity index (χ4v) is 1.62. The number of carbonyl (C=O) groups excluding carboxylic acids is 2. The Labute approximate surface area is 132 Å². The van der Waals surface area contributed by atoms with E-state index in [0.29, 0.717) is 5.75 Å². The molecule has 0 aliphatic carbocycles. The van der Waals surface area contributed by atoms with Crippen molar-refractivity contribution in [2.45, 2.75) is 26.4 Å². The number of alkyl halides is 3. The van der Waals surface area contributed by atoms with Crippen LogP contribution in [0.25, 0.3) is 0 Å². The van der Waals surface area contributed by atoms with Crippen molar-refractivity contribution >= 4 is 11.8 Å². The van der Waals surface area contributed by atoms with Gasteiger partial charge in [0.15, 0.2) is 6.61 Å². The Morgan fingerprint density at radius 1 is 1.09 bits per heavy atom. The maximum atomic E-state index is 11.9. The van der Waals surface area contributed by atoms with Crippen LogP contribution in [0.2, 0.25) is 0 Å². The second-order valence-electron chi connectivity index (χ2n) is 4.99. The largest absolute Gasteiger partial charge is 0.484 e. The molecule has 1 aromatic rings. The van der Waals surface area contributed by atoms with Crippen LogP contribution in [0.5, 0.6) is 5.75 Å². The Kier molecular flexibility index (Phi) is 6.87. The van der Waals surface area contributed by atoms with Crippen LogP contribution >= 0.6 is 0 Å². The summed E-state index contributed by atoms with van der Waals surface area (Å²) in [5, 5.41) is 4.21. The van der Waals surface area contributed by atoms with Gasteiger partial charge in [-0.3, -0.25) is 9.59 Å². The second kappa shape index (κ2) is 8.40. The molecule has 1 aromatic carbocycles. The van der Waals surface area contributed by atoms with Gasteiger partial charge in [-0.05, 0) is 43.5 Å². The zero-order valence-corrected chi connectivity index (χ0v) is 12.9. The van der Waals surface area contributed by atoms with Crippen LogP contribution in [0.3, 0.4) is 0 Å². The molecule has 0 bridgehead atoms. The highest BCUT2D eigenvalue weighted by Gasteiger charge is 2.38. The Balaban J connectivity index is 2.17. The summed E-state index contributed by atoms with van der Waals surface area (Å²) < 4.78 is 41.0. The lowest BCUT2D eigenvalue weighted by atomic mass is 10.1. The fourth-order valence-electron chi connectivity index (χ4n) is 1.62. The maximum Gasteiger partial charge on any atom is 0.471 e. The van der Waals surface area contributed by atoms with E-state index in [0.717, 1.165) is 11.1 Å². The second-order valence-corrected chi connectivity index (χ2v) is 4.99. The molecular weight excluding hydrogens is 313 g/mol. The lowest BCUT2D eigenvalue weighted by molar-refractivity contribution is -0.173. The number of amides is 2. The van der Waals surface area contributed by atoms with E-state index in [9.17, 15) is 22.8 Å². The molecule has 0 aromatic heterocycles. The SMILES string of the molecule is Cc1ccc(OCC(=O)NCCCNC(=O)C(F)(F)F)cc1C. The molecule has 128 valence electrons. The average molecular weight is 332 g/mol. The van der Waals surface area contributed by atoms with E-state index in [1.54, 1.807) is 11.4 Å². The van der Waals surface area contributed by atoms with Gasteiger partial charge < -0.3 is 15.4 Å². The Morgan fingerprint density at radius 2 is 1.74 bits per heavy atom. The minimum absolute atomic E-state index is 0.146. The minimum Gasteiger partial charge on any atom is -0.484 e. The van der Waals surface area contributed by atoms with E-state index in [1.165, 1.54) is 0 Å². The predicted molar refractivity (Wildman–Crippen MR) is 78.1 cm³/mol. The molecule has 0 aliphatic rings. The maximum absolute atomic E-state index is 11.9. The van der Waals surface area contributed by atoms with E-state index >= 15 is 0 Å². The van der Waals surface area contributed by atoms with Crippen molar-refractivity contribution in [2.75, 3.05) is 19.7 Å². The van der Waals surface area contributed by atoms with Crippen molar-refractivity contribution in [2.24, 2.45) is 0 Å². The van der Waals surface area contributed by atoms with E-state index < -0.39 is 12.1 Å². The first-order valence-corrected chi connectivity index (χ1v) is 7.02. The third-order valence-corrected chi connectivity index (χ3v) is 3.07. The summed E-state index contributed by atoms with van der Waals surface area (Å²) in [7, 11) is 0. The third-order valence-electron chi connectivity index (χ3n) is 3.07. The summed E-state index contributed by atoms with van der Waals surface area (Å²) in [6, 6.07) is 5.45. The van der Waals surface area contributed by atoms with Crippen molar-refractivity contribution in [1.29, 1.82) is 0 Å². The van der Waals surface area contributed by atoms with E-state index in [-0.39, 0.29) is 32.0 Å². The van der Waals surface area contributed by atoms with Gasteiger partial charge in [0.25, 0.3) is 5.91 Å². The summed E-state index contributed by atoms with van der Waals surface area (Å²) in [5.41, 5.74) is 2.16. The number of hydrogen-bond donors (Lipinski definition) is 2. The molecule has 0 radical (unpaired) electrons. The van der Waals surface area contributed by atoms with Gasteiger partial charge in [-0.25, -0.2) is 0 Å². The molecule has 2 amide bonds. The molecule has 0 unspecified atom stereocenters. The van der Waals surface area contributed by atoms with Gasteiger partial charge in [0, 0.05) is 13.1 Å². The average Bonchev–Trinajstić information content (AvgIpc) is 2.47. The standard InChI is InChI=1S/C15H19F3N2O3/c1-10-4-5-12(8-11(10)2)23-9-13(21)19-6-3-7-20-14(22)15(16,17)18/h4-5,8H,3,6-7,9H2,1-2H3,(H,19,21)(H,20,22). The number of rotatable bonds is 7. The van der Waals surface area contributed by atoms with Crippen molar-refractivity contribution in [3.8, 4) is 5.75 Å². The first kappa shape index (κ1) is 18.8. The summed E-state index contributed by atoms with van der Waals surface area (Å²) in [6.07, 6.45) is -4.69. The molecule has 8 heteroatoms. The number of benzene rings is 1. The summed E-state index contributed by atoms with van der Waals surface area (Å²) >= 11 is 0. The topological polar surface area (TPSA) is 67.4 Å². The summed E-state index contributed by atoms with van der Waals surface area (Å²) in [4.78, 5) is 22.0. The van der Waals surface area contributed by atoms with Crippen LogP contribution in [0.15, 0.2) is 18.2 Å². The molecule has 0 heterocycles. The fraction of sp³-hybridized carbons (Fsp3) is 0.467. The number of halogens is 3. The Morgan fingerprint density at radius 3 is 2.35 bits per heavy atom. The molecule has 2 N–H and O–H groups in total. The monoisotopic (exact) mass is 332 g/mol. The smallest absolute Gasteiger partial charge is 0.471 e. The molecule has 0 aliphatic heterocycles. The molecule has 0 saturated heterocycles. The normalized spacial score (nSPS) is 11.0. The van der Waals surface area contributed by atoms with Gasteiger partial charge in [-0.2, -0.15) is 13.2 Å². The number of nitrogens with one attached hydrogen (secondary N) is 2. The van der Waals surface area contributed by atoms with Gasteiger partial charge in [0.05, 0.1) is 0 Å². The van der Waals surface area contributed by atoms with Crippen LogP contribution in [0, 0.1) is 13.8 Å². The zero-order valence-electron chi connectivity index (χ0n) is 12.9. The minimum atomic E-state index is -4.89. The Hall–Kier alpha value is -2.25. The van der Waals surface area contributed by atoms with Crippen molar-refractivity contribution in [3.05, 3.63) is 29.3 Å². The molecule has 23 heavy (non-hydrogen) atoms. The zero-order chi connectivity index (χ0) is 17.5. The van der Waals surface area contributed by atoms with Crippen LogP contribution < -0.4 is 15.4 Å². The predicted octanol–water partition coefficient (Wildman–Crippen LogP) is 1.87.